The van der Waals surface area contributed by atoms with Crippen molar-refractivity contribution in [3.63, 3.8) is 0 Å². The van der Waals surface area contributed by atoms with Crippen molar-refractivity contribution in [1.82, 2.24) is 4.98 Å². The van der Waals surface area contributed by atoms with Crippen LogP contribution in [0.1, 0.15) is 12.1 Å². The summed E-state index contributed by atoms with van der Waals surface area (Å²) >= 11 is 1.51. The Kier molecular flexibility index (Phi) is 3.36. The molecule has 0 bridgehead atoms. The predicted octanol–water partition coefficient (Wildman–Crippen LogP) is 2.51. The normalized spacial score (nSPS) is 10.3. The van der Waals surface area contributed by atoms with Crippen LogP contribution in [-0.2, 0) is 16.0 Å². The number of rotatable bonds is 4. The maximum atomic E-state index is 11.0. The van der Waals surface area contributed by atoms with Gasteiger partial charge in [-0.2, -0.15) is 0 Å². The van der Waals surface area contributed by atoms with Gasteiger partial charge in [0.1, 0.15) is 0 Å². The Hall–Kier alpha value is -1.62. The number of furan rings is 1. The van der Waals surface area contributed by atoms with Gasteiger partial charge in [-0.15, -0.1) is 11.3 Å². The molecule has 0 aliphatic heterocycles. The van der Waals surface area contributed by atoms with E-state index in [0.717, 1.165) is 16.5 Å². The van der Waals surface area contributed by atoms with Gasteiger partial charge in [-0.05, 0) is 12.1 Å². The molecule has 2 aromatic rings. The van der Waals surface area contributed by atoms with Crippen molar-refractivity contribution in [2.45, 2.75) is 12.8 Å². The highest BCUT2D eigenvalue weighted by molar-refractivity contribution is 7.13. The maximum Gasteiger partial charge on any atom is 0.305 e. The molecule has 0 N–H and O–H groups in total. The molecule has 16 heavy (non-hydrogen) atoms. The average Bonchev–Trinajstić information content (AvgIpc) is 2.95. The van der Waals surface area contributed by atoms with E-state index in [-0.39, 0.29) is 5.97 Å². The first-order chi connectivity index (χ1) is 7.79. The molecule has 0 atom stereocenters. The van der Waals surface area contributed by atoms with Crippen molar-refractivity contribution >= 4 is 17.3 Å². The van der Waals surface area contributed by atoms with Crippen LogP contribution in [0, 0.1) is 0 Å². The van der Waals surface area contributed by atoms with Gasteiger partial charge in [0.05, 0.1) is 25.5 Å². The van der Waals surface area contributed by atoms with Crippen molar-refractivity contribution in [1.29, 1.82) is 0 Å². The van der Waals surface area contributed by atoms with Gasteiger partial charge in [0.2, 0.25) is 0 Å². The lowest BCUT2D eigenvalue weighted by atomic mass is 10.2. The van der Waals surface area contributed by atoms with Gasteiger partial charge in [0.15, 0.2) is 10.8 Å². The van der Waals surface area contributed by atoms with Crippen LogP contribution in [0.4, 0.5) is 0 Å². The number of esters is 1. The molecule has 0 radical (unpaired) electrons. The van der Waals surface area contributed by atoms with Crippen molar-refractivity contribution in [2.75, 3.05) is 7.11 Å². The van der Waals surface area contributed by atoms with Gasteiger partial charge in [0, 0.05) is 11.8 Å². The minimum atomic E-state index is -0.215. The first kappa shape index (κ1) is 10.9. The van der Waals surface area contributed by atoms with Gasteiger partial charge in [-0.25, -0.2) is 4.98 Å². The third-order valence-electron chi connectivity index (χ3n) is 2.10. The minimum Gasteiger partial charge on any atom is -0.469 e. The number of ether oxygens (including phenoxy) is 1. The Bertz CT molecular complexity index is 461. The lowest BCUT2D eigenvalue weighted by Crippen LogP contribution is -2.01. The van der Waals surface area contributed by atoms with E-state index in [2.05, 4.69) is 9.72 Å². The zero-order valence-electron chi connectivity index (χ0n) is 8.80. The summed E-state index contributed by atoms with van der Waals surface area (Å²) in [6.07, 6.45) is 2.58. The largest absolute Gasteiger partial charge is 0.469 e. The monoisotopic (exact) mass is 237 g/mol. The molecule has 5 heteroatoms. The minimum absolute atomic E-state index is 0.215. The van der Waals surface area contributed by atoms with Crippen molar-refractivity contribution in [2.24, 2.45) is 0 Å². The summed E-state index contributed by atoms with van der Waals surface area (Å²) < 4.78 is 9.81. The number of aryl methyl sites for hydroxylation is 1. The second kappa shape index (κ2) is 4.94. The number of hydrogen-bond donors (Lipinski definition) is 0. The Morgan fingerprint density at radius 2 is 2.50 bits per heavy atom. The Labute approximate surface area is 96.9 Å². The smallest absolute Gasteiger partial charge is 0.305 e. The van der Waals surface area contributed by atoms with E-state index in [1.54, 1.807) is 6.26 Å². The highest BCUT2D eigenvalue weighted by Gasteiger charge is 2.08. The van der Waals surface area contributed by atoms with Crippen molar-refractivity contribution in [3.8, 4) is 10.8 Å². The molecular weight excluding hydrogens is 226 g/mol. The summed E-state index contributed by atoms with van der Waals surface area (Å²) in [6, 6.07) is 3.69. The standard InChI is InChI=1S/C11H11NO3S/c1-14-10(13)5-4-8-7-16-11(12-8)9-3-2-6-15-9/h2-3,6-7H,4-5H2,1H3. The van der Waals surface area contributed by atoms with Crippen LogP contribution < -0.4 is 0 Å². The lowest BCUT2D eigenvalue weighted by molar-refractivity contribution is -0.140. The van der Waals surface area contributed by atoms with Gasteiger partial charge in [0.25, 0.3) is 0 Å². The molecule has 0 spiro atoms. The first-order valence-electron chi connectivity index (χ1n) is 4.84. The van der Waals surface area contributed by atoms with E-state index in [0.29, 0.717) is 12.8 Å². The number of carbonyl (C=O) groups excluding carboxylic acids is 1. The number of methoxy groups -OCH3 is 1. The van der Waals surface area contributed by atoms with Crippen LogP contribution in [0.25, 0.3) is 10.8 Å². The molecule has 4 nitrogen and oxygen atoms in total. The van der Waals surface area contributed by atoms with Crippen molar-refractivity contribution in [3.05, 3.63) is 29.5 Å². The molecule has 2 heterocycles. The summed E-state index contributed by atoms with van der Waals surface area (Å²) in [7, 11) is 1.39. The molecule has 0 unspecified atom stereocenters. The van der Waals surface area contributed by atoms with Gasteiger partial charge >= 0.3 is 5.97 Å². The molecule has 0 amide bonds. The Balaban J connectivity index is 2.00. The highest BCUT2D eigenvalue weighted by Crippen LogP contribution is 2.24. The van der Waals surface area contributed by atoms with Crippen LogP contribution in [0.2, 0.25) is 0 Å². The lowest BCUT2D eigenvalue weighted by Gasteiger charge is -1.95. The van der Waals surface area contributed by atoms with Crippen LogP contribution in [-0.4, -0.2) is 18.1 Å². The quantitative estimate of drug-likeness (QED) is 0.767. The molecule has 2 rings (SSSR count). The van der Waals surface area contributed by atoms with Gasteiger partial charge in [-0.3, -0.25) is 4.79 Å². The summed E-state index contributed by atoms with van der Waals surface area (Å²) in [5.74, 6) is 0.543. The van der Waals surface area contributed by atoms with E-state index in [9.17, 15) is 4.79 Å². The fourth-order valence-corrected chi connectivity index (χ4v) is 2.09. The highest BCUT2D eigenvalue weighted by atomic mass is 32.1. The Morgan fingerprint density at radius 1 is 1.62 bits per heavy atom. The maximum absolute atomic E-state index is 11.0. The average molecular weight is 237 g/mol. The van der Waals surface area contributed by atoms with Crippen LogP contribution in [0.15, 0.2) is 28.2 Å². The molecule has 0 saturated carbocycles. The molecule has 84 valence electrons. The molecule has 0 saturated heterocycles. The van der Waals surface area contributed by atoms with Gasteiger partial charge < -0.3 is 9.15 Å². The van der Waals surface area contributed by atoms with Crippen LogP contribution in [0.3, 0.4) is 0 Å². The number of hydrogen-bond acceptors (Lipinski definition) is 5. The molecule has 0 aliphatic rings. The Morgan fingerprint density at radius 3 is 3.19 bits per heavy atom. The summed E-state index contributed by atoms with van der Waals surface area (Å²) in [5.41, 5.74) is 0.891. The van der Waals surface area contributed by atoms with E-state index < -0.39 is 0 Å². The summed E-state index contributed by atoms with van der Waals surface area (Å²) in [5, 5.41) is 2.77. The fourth-order valence-electron chi connectivity index (χ4n) is 1.27. The zero-order chi connectivity index (χ0) is 11.4. The van der Waals surface area contributed by atoms with Gasteiger partial charge in [-0.1, -0.05) is 0 Å². The predicted molar refractivity (Wildman–Crippen MR) is 60.2 cm³/mol. The molecule has 0 fully saturated rings. The number of aromatic nitrogens is 1. The zero-order valence-corrected chi connectivity index (χ0v) is 9.62. The third-order valence-corrected chi connectivity index (χ3v) is 3.00. The number of nitrogens with zero attached hydrogens (tertiary/aromatic N) is 1. The number of carbonyl (C=O) groups is 1. The second-order valence-corrected chi connectivity index (χ2v) is 4.06. The molecule has 0 aliphatic carbocycles. The summed E-state index contributed by atoms with van der Waals surface area (Å²) in [4.78, 5) is 15.3. The van der Waals surface area contributed by atoms with Crippen LogP contribution >= 0.6 is 11.3 Å². The van der Waals surface area contributed by atoms with Crippen molar-refractivity contribution < 1.29 is 13.9 Å². The number of thiazole rings is 1. The first-order valence-corrected chi connectivity index (χ1v) is 5.72. The SMILES string of the molecule is COC(=O)CCc1csc(-c2ccco2)n1. The topological polar surface area (TPSA) is 52.3 Å². The van der Waals surface area contributed by atoms with E-state index in [4.69, 9.17) is 4.42 Å². The second-order valence-electron chi connectivity index (χ2n) is 3.20. The molecular formula is C11H11NO3S. The van der Waals surface area contributed by atoms with Crippen LogP contribution in [0.5, 0.6) is 0 Å². The fraction of sp³-hybridized carbons (Fsp3) is 0.273. The molecule has 0 aromatic carbocycles. The molecule has 2 aromatic heterocycles. The van der Waals surface area contributed by atoms with E-state index >= 15 is 0 Å². The van der Waals surface area contributed by atoms with E-state index in [1.807, 2.05) is 17.5 Å². The van der Waals surface area contributed by atoms with E-state index in [1.165, 1.54) is 18.4 Å². The summed E-state index contributed by atoms with van der Waals surface area (Å²) in [6.45, 7) is 0. The third kappa shape index (κ3) is 2.49.